The molecule has 0 aliphatic carbocycles. The van der Waals surface area contributed by atoms with E-state index in [4.69, 9.17) is 14.5 Å². The number of hydrogen-bond acceptors (Lipinski definition) is 5. The monoisotopic (exact) mass is 325 g/mol. The van der Waals surface area contributed by atoms with Crippen LogP contribution in [0.1, 0.15) is 29.1 Å². The molecule has 24 heavy (non-hydrogen) atoms. The lowest BCUT2D eigenvalue weighted by molar-refractivity contribution is 0.186. The third-order valence-corrected chi connectivity index (χ3v) is 4.80. The summed E-state index contributed by atoms with van der Waals surface area (Å²) in [6, 6.07) is 8.22. The van der Waals surface area contributed by atoms with Crippen molar-refractivity contribution in [1.82, 2.24) is 9.97 Å². The Kier molecular flexibility index (Phi) is 4.10. The highest BCUT2D eigenvalue weighted by atomic mass is 16.5. The first-order valence-corrected chi connectivity index (χ1v) is 8.56. The molecule has 2 aliphatic rings. The lowest BCUT2D eigenvalue weighted by atomic mass is 10.0. The van der Waals surface area contributed by atoms with Crippen molar-refractivity contribution in [2.75, 3.05) is 31.7 Å². The van der Waals surface area contributed by atoms with Crippen LogP contribution in [0.25, 0.3) is 0 Å². The van der Waals surface area contributed by atoms with Gasteiger partial charge in [0.25, 0.3) is 0 Å². The molecule has 0 radical (unpaired) electrons. The molecule has 0 bridgehead atoms. The van der Waals surface area contributed by atoms with E-state index in [2.05, 4.69) is 29.1 Å². The molecule has 1 saturated heterocycles. The molecular weight excluding hydrogens is 302 g/mol. The third kappa shape index (κ3) is 2.96. The molecule has 1 atom stereocenters. The standard InChI is InChI=1S/C19H23N3O2/c1-13-20-17-12-24-18-6-4-3-5-15(18)9-16(17)19(21-13)22(2)10-14-7-8-23-11-14/h3-6,14H,7-12H2,1-2H3. The number of para-hydroxylation sites is 1. The number of aryl methyl sites for hydroxylation is 1. The minimum absolute atomic E-state index is 0.503. The molecule has 1 unspecified atom stereocenters. The number of nitrogens with zero attached hydrogens (tertiary/aromatic N) is 3. The van der Waals surface area contributed by atoms with E-state index in [0.717, 1.165) is 55.7 Å². The van der Waals surface area contributed by atoms with Gasteiger partial charge in [0.05, 0.1) is 12.3 Å². The van der Waals surface area contributed by atoms with Crippen LogP contribution in [0.5, 0.6) is 5.75 Å². The number of benzene rings is 1. The van der Waals surface area contributed by atoms with Crippen molar-refractivity contribution in [3.8, 4) is 5.75 Å². The number of anilines is 1. The quantitative estimate of drug-likeness (QED) is 0.868. The maximum atomic E-state index is 5.97. The SMILES string of the molecule is Cc1nc2c(c(N(C)CC3CCOC3)n1)Cc1ccccc1OC2. The van der Waals surface area contributed by atoms with Crippen LogP contribution >= 0.6 is 0 Å². The molecule has 2 aromatic rings. The molecule has 0 spiro atoms. The molecule has 1 aromatic heterocycles. The normalized spacial score (nSPS) is 19.2. The second-order valence-corrected chi connectivity index (χ2v) is 6.70. The van der Waals surface area contributed by atoms with E-state index in [1.807, 2.05) is 19.1 Å². The zero-order valence-electron chi connectivity index (χ0n) is 14.3. The smallest absolute Gasteiger partial charge is 0.135 e. The van der Waals surface area contributed by atoms with E-state index in [9.17, 15) is 0 Å². The average Bonchev–Trinajstić information content (AvgIpc) is 3.01. The van der Waals surface area contributed by atoms with Crippen LogP contribution in [0.2, 0.25) is 0 Å². The topological polar surface area (TPSA) is 47.5 Å². The first kappa shape index (κ1) is 15.4. The van der Waals surface area contributed by atoms with Crippen LogP contribution in [0.4, 0.5) is 5.82 Å². The van der Waals surface area contributed by atoms with Crippen molar-refractivity contribution in [1.29, 1.82) is 0 Å². The Bertz CT molecular complexity index is 741. The van der Waals surface area contributed by atoms with Gasteiger partial charge in [-0.05, 0) is 25.0 Å². The summed E-state index contributed by atoms with van der Waals surface area (Å²) in [5, 5.41) is 0. The highest BCUT2D eigenvalue weighted by Crippen LogP contribution is 2.32. The summed E-state index contributed by atoms with van der Waals surface area (Å²) in [6.45, 7) is 5.14. The summed E-state index contributed by atoms with van der Waals surface area (Å²) < 4.78 is 11.5. The summed E-state index contributed by atoms with van der Waals surface area (Å²) in [7, 11) is 2.12. The van der Waals surface area contributed by atoms with Crippen LogP contribution in [-0.2, 0) is 17.8 Å². The number of aromatic nitrogens is 2. The molecule has 5 heteroatoms. The van der Waals surface area contributed by atoms with Crippen LogP contribution in [0.3, 0.4) is 0 Å². The summed E-state index contributed by atoms with van der Waals surface area (Å²) >= 11 is 0. The molecule has 0 N–H and O–H groups in total. The van der Waals surface area contributed by atoms with Crippen molar-refractivity contribution in [2.45, 2.75) is 26.4 Å². The van der Waals surface area contributed by atoms with E-state index < -0.39 is 0 Å². The van der Waals surface area contributed by atoms with Crippen molar-refractivity contribution in [2.24, 2.45) is 5.92 Å². The Morgan fingerprint density at radius 3 is 2.96 bits per heavy atom. The Labute approximate surface area is 142 Å². The second kappa shape index (κ2) is 6.40. The van der Waals surface area contributed by atoms with Gasteiger partial charge in [0.1, 0.15) is 24.0 Å². The Morgan fingerprint density at radius 2 is 2.12 bits per heavy atom. The first-order valence-electron chi connectivity index (χ1n) is 8.56. The largest absolute Gasteiger partial charge is 0.487 e. The van der Waals surface area contributed by atoms with Gasteiger partial charge in [0.2, 0.25) is 0 Å². The molecule has 2 aliphatic heterocycles. The maximum absolute atomic E-state index is 5.97. The number of rotatable bonds is 3. The van der Waals surface area contributed by atoms with Gasteiger partial charge in [-0.1, -0.05) is 18.2 Å². The van der Waals surface area contributed by atoms with E-state index in [0.29, 0.717) is 12.5 Å². The summed E-state index contributed by atoms with van der Waals surface area (Å²) in [5.74, 6) is 3.36. The summed E-state index contributed by atoms with van der Waals surface area (Å²) in [4.78, 5) is 11.7. The second-order valence-electron chi connectivity index (χ2n) is 6.70. The Hall–Kier alpha value is -2.14. The summed E-state index contributed by atoms with van der Waals surface area (Å²) in [5.41, 5.74) is 3.39. The zero-order valence-corrected chi connectivity index (χ0v) is 14.3. The number of fused-ring (bicyclic) bond motifs is 2. The van der Waals surface area contributed by atoms with E-state index in [1.54, 1.807) is 0 Å². The van der Waals surface area contributed by atoms with E-state index in [1.165, 1.54) is 11.1 Å². The predicted molar refractivity (Wildman–Crippen MR) is 92.5 cm³/mol. The molecule has 5 nitrogen and oxygen atoms in total. The molecule has 4 rings (SSSR count). The fraction of sp³-hybridized carbons (Fsp3) is 0.474. The van der Waals surface area contributed by atoms with Gasteiger partial charge < -0.3 is 14.4 Å². The average molecular weight is 325 g/mol. The zero-order chi connectivity index (χ0) is 16.5. The minimum atomic E-state index is 0.503. The van der Waals surface area contributed by atoms with Gasteiger partial charge in [0.15, 0.2) is 0 Å². The lowest BCUT2D eigenvalue weighted by Gasteiger charge is -2.24. The Balaban J connectivity index is 1.69. The first-order chi connectivity index (χ1) is 11.7. The molecule has 126 valence electrons. The minimum Gasteiger partial charge on any atom is -0.487 e. The molecule has 1 aromatic carbocycles. The predicted octanol–water partition coefficient (Wildman–Crippen LogP) is 2.74. The van der Waals surface area contributed by atoms with Gasteiger partial charge in [-0.25, -0.2) is 9.97 Å². The van der Waals surface area contributed by atoms with Crippen LogP contribution < -0.4 is 9.64 Å². The highest BCUT2D eigenvalue weighted by Gasteiger charge is 2.24. The van der Waals surface area contributed by atoms with Crippen molar-refractivity contribution in [3.05, 3.63) is 46.9 Å². The van der Waals surface area contributed by atoms with Gasteiger partial charge >= 0.3 is 0 Å². The van der Waals surface area contributed by atoms with Gasteiger partial charge in [-0.15, -0.1) is 0 Å². The molecule has 1 fully saturated rings. The van der Waals surface area contributed by atoms with Crippen molar-refractivity contribution >= 4 is 5.82 Å². The van der Waals surface area contributed by atoms with Crippen LogP contribution in [0.15, 0.2) is 24.3 Å². The summed E-state index contributed by atoms with van der Waals surface area (Å²) in [6.07, 6.45) is 1.94. The molecule has 3 heterocycles. The van der Waals surface area contributed by atoms with E-state index >= 15 is 0 Å². The van der Waals surface area contributed by atoms with Gasteiger partial charge in [-0.3, -0.25) is 0 Å². The number of hydrogen-bond donors (Lipinski definition) is 0. The third-order valence-electron chi connectivity index (χ3n) is 4.80. The van der Waals surface area contributed by atoms with Crippen molar-refractivity contribution in [3.63, 3.8) is 0 Å². The van der Waals surface area contributed by atoms with Crippen molar-refractivity contribution < 1.29 is 9.47 Å². The van der Waals surface area contributed by atoms with Gasteiger partial charge in [-0.2, -0.15) is 0 Å². The van der Waals surface area contributed by atoms with Crippen LogP contribution in [0, 0.1) is 12.8 Å². The fourth-order valence-electron chi connectivity index (χ4n) is 3.58. The van der Waals surface area contributed by atoms with Crippen LogP contribution in [-0.4, -0.2) is 36.8 Å². The molecular formula is C19H23N3O2. The van der Waals surface area contributed by atoms with E-state index in [-0.39, 0.29) is 0 Å². The molecule has 0 amide bonds. The maximum Gasteiger partial charge on any atom is 0.135 e. The highest BCUT2D eigenvalue weighted by molar-refractivity contribution is 5.53. The molecule has 0 saturated carbocycles. The Morgan fingerprint density at radius 1 is 1.25 bits per heavy atom. The number of ether oxygens (including phenoxy) is 2. The lowest BCUT2D eigenvalue weighted by Crippen LogP contribution is -2.28. The fourth-order valence-corrected chi connectivity index (χ4v) is 3.58. The van der Waals surface area contributed by atoms with Gasteiger partial charge in [0, 0.05) is 38.1 Å².